The average molecular weight is 302 g/mol. The quantitative estimate of drug-likeness (QED) is 0.890. The van der Waals surface area contributed by atoms with Gasteiger partial charge in [0.25, 0.3) is 0 Å². The van der Waals surface area contributed by atoms with Gasteiger partial charge < -0.3 is 20.0 Å². The molecule has 22 heavy (non-hydrogen) atoms. The summed E-state index contributed by atoms with van der Waals surface area (Å²) in [5, 5.41) is 5.69. The van der Waals surface area contributed by atoms with Gasteiger partial charge >= 0.3 is 6.03 Å². The van der Waals surface area contributed by atoms with Crippen LogP contribution in [0.5, 0.6) is 0 Å². The minimum atomic E-state index is -0.241. The lowest BCUT2D eigenvalue weighted by atomic mass is 10.2. The van der Waals surface area contributed by atoms with Crippen LogP contribution in [0.15, 0.2) is 34.9 Å². The fourth-order valence-corrected chi connectivity index (χ4v) is 2.15. The van der Waals surface area contributed by atoms with Gasteiger partial charge in [0.15, 0.2) is 0 Å². The summed E-state index contributed by atoms with van der Waals surface area (Å²) in [5.41, 5.74) is 0.962. The number of nitrogens with zero attached hydrogens (tertiary/aromatic N) is 2. The molecule has 0 spiro atoms. The first-order chi connectivity index (χ1) is 10.5. The summed E-state index contributed by atoms with van der Waals surface area (Å²) < 4.78 is 5.50. The van der Waals surface area contributed by atoms with E-state index in [9.17, 15) is 4.79 Å². The summed E-state index contributed by atoms with van der Waals surface area (Å²) >= 11 is 0. The van der Waals surface area contributed by atoms with Gasteiger partial charge in [-0.1, -0.05) is 6.07 Å². The van der Waals surface area contributed by atoms with Gasteiger partial charge in [0, 0.05) is 32.4 Å². The third kappa shape index (κ3) is 4.00. The van der Waals surface area contributed by atoms with Crippen molar-refractivity contribution in [2.75, 3.05) is 19.0 Å². The zero-order valence-corrected chi connectivity index (χ0v) is 13.4. The second-order valence-corrected chi connectivity index (χ2v) is 5.38. The molecule has 0 bridgehead atoms. The van der Waals surface area contributed by atoms with Crippen LogP contribution < -0.4 is 15.5 Å². The van der Waals surface area contributed by atoms with Gasteiger partial charge in [-0.05, 0) is 32.0 Å². The van der Waals surface area contributed by atoms with Gasteiger partial charge in [0.2, 0.25) is 0 Å². The molecule has 0 aliphatic rings. The largest absolute Gasteiger partial charge is 0.464 e. The van der Waals surface area contributed by atoms with Crippen LogP contribution >= 0.6 is 0 Å². The number of urea groups is 1. The van der Waals surface area contributed by atoms with Crippen molar-refractivity contribution < 1.29 is 9.21 Å². The number of anilines is 1. The van der Waals surface area contributed by atoms with E-state index in [4.69, 9.17) is 4.42 Å². The highest BCUT2D eigenvalue weighted by molar-refractivity contribution is 5.74. The van der Waals surface area contributed by atoms with Crippen LogP contribution in [0.2, 0.25) is 0 Å². The number of rotatable bonds is 5. The predicted octanol–water partition coefficient (Wildman–Crippen LogP) is 2.61. The summed E-state index contributed by atoms with van der Waals surface area (Å²) in [6.45, 7) is 4.17. The number of hydrogen-bond donors (Lipinski definition) is 2. The molecule has 2 rings (SSSR count). The Balaban J connectivity index is 1.90. The van der Waals surface area contributed by atoms with E-state index < -0.39 is 0 Å². The maximum atomic E-state index is 12.0. The maximum absolute atomic E-state index is 12.0. The molecule has 0 aliphatic carbocycles. The Morgan fingerprint density at radius 2 is 2.14 bits per heavy atom. The van der Waals surface area contributed by atoms with Gasteiger partial charge in [-0.25, -0.2) is 9.78 Å². The van der Waals surface area contributed by atoms with E-state index in [0.29, 0.717) is 6.54 Å². The summed E-state index contributed by atoms with van der Waals surface area (Å²) in [5.74, 6) is 2.41. The number of aromatic nitrogens is 1. The number of amides is 2. The number of hydrogen-bond acceptors (Lipinski definition) is 4. The van der Waals surface area contributed by atoms with Crippen LogP contribution in [-0.2, 0) is 6.54 Å². The van der Waals surface area contributed by atoms with Crippen LogP contribution in [0.1, 0.15) is 30.0 Å². The van der Waals surface area contributed by atoms with E-state index in [1.807, 2.05) is 57.1 Å². The van der Waals surface area contributed by atoms with E-state index in [0.717, 1.165) is 22.9 Å². The summed E-state index contributed by atoms with van der Waals surface area (Å²) in [7, 11) is 3.85. The van der Waals surface area contributed by atoms with Crippen LogP contribution in [-0.4, -0.2) is 25.1 Å². The van der Waals surface area contributed by atoms with Crippen LogP contribution in [0.3, 0.4) is 0 Å². The maximum Gasteiger partial charge on any atom is 0.315 e. The van der Waals surface area contributed by atoms with Crippen molar-refractivity contribution in [3.05, 3.63) is 47.5 Å². The van der Waals surface area contributed by atoms with Crippen molar-refractivity contribution in [2.45, 2.75) is 26.4 Å². The zero-order chi connectivity index (χ0) is 16.1. The van der Waals surface area contributed by atoms with Crippen molar-refractivity contribution in [2.24, 2.45) is 0 Å². The number of furan rings is 1. The van der Waals surface area contributed by atoms with Crippen molar-refractivity contribution in [3.63, 3.8) is 0 Å². The second kappa shape index (κ2) is 6.98. The Kier molecular flexibility index (Phi) is 5.04. The zero-order valence-electron chi connectivity index (χ0n) is 13.4. The van der Waals surface area contributed by atoms with E-state index >= 15 is 0 Å². The lowest BCUT2D eigenvalue weighted by Gasteiger charge is -2.17. The van der Waals surface area contributed by atoms with Crippen LogP contribution in [0, 0.1) is 6.92 Å². The minimum Gasteiger partial charge on any atom is -0.464 e. The highest BCUT2D eigenvalue weighted by atomic mass is 16.3. The van der Waals surface area contributed by atoms with Gasteiger partial charge in [0.1, 0.15) is 17.3 Å². The molecule has 0 saturated carbocycles. The molecule has 118 valence electrons. The van der Waals surface area contributed by atoms with Gasteiger partial charge in [-0.15, -0.1) is 0 Å². The fraction of sp³-hybridized carbons (Fsp3) is 0.375. The summed E-state index contributed by atoms with van der Waals surface area (Å²) in [4.78, 5) is 18.2. The number of carbonyl (C=O) groups excluding carboxylic acids is 1. The standard InChI is InChI=1S/C16H22N4O2/c1-11-7-8-14(22-11)12(2)19-16(21)18-10-13-6-5-9-17-15(13)20(3)4/h5-9,12H,10H2,1-4H3,(H2,18,19,21). The molecule has 2 amide bonds. The lowest BCUT2D eigenvalue weighted by molar-refractivity contribution is 0.235. The Labute approximate surface area is 130 Å². The highest BCUT2D eigenvalue weighted by Crippen LogP contribution is 2.16. The van der Waals surface area contributed by atoms with Crippen LogP contribution in [0.25, 0.3) is 0 Å². The van der Waals surface area contributed by atoms with E-state index in [2.05, 4.69) is 15.6 Å². The first-order valence-electron chi connectivity index (χ1n) is 7.19. The molecular formula is C16H22N4O2. The average Bonchev–Trinajstić information content (AvgIpc) is 2.92. The van der Waals surface area contributed by atoms with Crippen molar-refractivity contribution in [1.29, 1.82) is 0 Å². The predicted molar refractivity (Wildman–Crippen MR) is 85.8 cm³/mol. The molecular weight excluding hydrogens is 280 g/mol. The summed E-state index contributed by atoms with van der Waals surface area (Å²) in [6.07, 6.45) is 1.74. The molecule has 2 N–H and O–H groups in total. The normalized spacial score (nSPS) is 11.8. The van der Waals surface area contributed by atoms with E-state index in [1.54, 1.807) is 6.20 Å². The minimum absolute atomic E-state index is 0.184. The van der Waals surface area contributed by atoms with E-state index in [-0.39, 0.29) is 12.1 Å². The van der Waals surface area contributed by atoms with Crippen molar-refractivity contribution >= 4 is 11.8 Å². The Hall–Kier alpha value is -2.50. The van der Waals surface area contributed by atoms with Gasteiger partial charge in [0.05, 0.1) is 6.04 Å². The monoisotopic (exact) mass is 302 g/mol. The number of nitrogens with one attached hydrogen (secondary N) is 2. The molecule has 0 radical (unpaired) electrons. The SMILES string of the molecule is Cc1ccc(C(C)NC(=O)NCc2cccnc2N(C)C)o1. The fourth-order valence-electron chi connectivity index (χ4n) is 2.15. The third-order valence-corrected chi connectivity index (χ3v) is 3.27. The highest BCUT2D eigenvalue weighted by Gasteiger charge is 2.13. The Morgan fingerprint density at radius 1 is 1.36 bits per heavy atom. The molecule has 2 aromatic heterocycles. The lowest BCUT2D eigenvalue weighted by Crippen LogP contribution is -2.36. The molecule has 0 fully saturated rings. The van der Waals surface area contributed by atoms with E-state index in [1.165, 1.54) is 0 Å². The molecule has 2 heterocycles. The molecule has 0 aromatic carbocycles. The molecule has 1 atom stereocenters. The van der Waals surface area contributed by atoms with Crippen molar-refractivity contribution in [1.82, 2.24) is 15.6 Å². The first-order valence-corrected chi connectivity index (χ1v) is 7.19. The molecule has 0 aliphatic heterocycles. The van der Waals surface area contributed by atoms with Crippen LogP contribution in [0.4, 0.5) is 10.6 Å². The molecule has 0 saturated heterocycles. The Bertz CT molecular complexity index is 637. The molecule has 6 heteroatoms. The summed E-state index contributed by atoms with van der Waals surface area (Å²) in [6, 6.07) is 7.12. The first kappa shape index (κ1) is 15.9. The third-order valence-electron chi connectivity index (χ3n) is 3.27. The van der Waals surface area contributed by atoms with Gasteiger partial charge in [-0.2, -0.15) is 0 Å². The second-order valence-electron chi connectivity index (χ2n) is 5.38. The number of pyridine rings is 1. The Morgan fingerprint density at radius 3 is 2.77 bits per heavy atom. The molecule has 6 nitrogen and oxygen atoms in total. The number of carbonyl (C=O) groups is 1. The smallest absolute Gasteiger partial charge is 0.315 e. The topological polar surface area (TPSA) is 70.4 Å². The van der Waals surface area contributed by atoms with Gasteiger partial charge in [-0.3, -0.25) is 0 Å². The number of aryl methyl sites for hydroxylation is 1. The van der Waals surface area contributed by atoms with Crippen molar-refractivity contribution in [3.8, 4) is 0 Å². The molecule has 1 unspecified atom stereocenters. The molecule has 2 aromatic rings.